The fraction of sp³-hybridized carbons (Fsp3) is 0.0769. The van der Waals surface area contributed by atoms with Gasteiger partial charge in [0.1, 0.15) is 5.82 Å². The summed E-state index contributed by atoms with van der Waals surface area (Å²) in [4.78, 5) is 0. The Morgan fingerprint density at radius 1 is 0.824 bits per heavy atom. The van der Waals surface area contributed by atoms with Crippen LogP contribution in [0.5, 0.6) is 0 Å². The molecule has 0 spiro atoms. The van der Waals surface area contributed by atoms with Gasteiger partial charge in [0, 0.05) is 10.0 Å². The van der Waals surface area contributed by atoms with E-state index in [1.54, 1.807) is 30.3 Å². The maximum atomic E-state index is 12.8. The van der Waals surface area contributed by atoms with Gasteiger partial charge in [-0.05, 0) is 41.5 Å². The average Bonchev–Trinajstić information content (AvgIpc) is 2.28. The molecule has 0 saturated carbocycles. The van der Waals surface area contributed by atoms with Crippen molar-refractivity contribution in [2.75, 3.05) is 0 Å². The summed E-state index contributed by atoms with van der Waals surface area (Å²) in [6.07, 6.45) is 0. The van der Waals surface area contributed by atoms with Crippen LogP contribution in [0.4, 0.5) is 4.39 Å². The predicted molar refractivity (Wildman–Crippen MR) is 70.6 cm³/mol. The van der Waals surface area contributed by atoms with Crippen molar-refractivity contribution in [3.8, 4) is 0 Å². The molecule has 1 atom stereocenters. The van der Waals surface area contributed by atoms with Gasteiger partial charge in [0.25, 0.3) is 0 Å². The van der Waals surface area contributed by atoms with Crippen molar-refractivity contribution in [1.29, 1.82) is 0 Å². The molecule has 88 valence electrons. The van der Waals surface area contributed by atoms with Crippen LogP contribution in [0.25, 0.3) is 0 Å². The number of hydrogen-bond acceptors (Lipinski definition) is 0. The zero-order valence-electron chi connectivity index (χ0n) is 8.63. The molecule has 2 rings (SSSR count). The van der Waals surface area contributed by atoms with Crippen LogP contribution in [0.2, 0.25) is 10.0 Å². The molecule has 0 fully saturated rings. The number of benzene rings is 2. The highest BCUT2D eigenvalue weighted by Gasteiger charge is 2.12. The molecule has 0 amide bonds. The van der Waals surface area contributed by atoms with Gasteiger partial charge < -0.3 is 0 Å². The van der Waals surface area contributed by atoms with Gasteiger partial charge in [-0.3, -0.25) is 0 Å². The van der Waals surface area contributed by atoms with E-state index in [2.05, 4.69) is 0 Å². The number of halogens is 4. The Hall–Kier alpha value is -0.760. The standard InChI is InChI=1S/C13H8Cl3F/c14-10-5-9(6-11(15)7-10)13(16)8-1-3-12(17)4-2-8/h1-7,13H. The van der Waals surface area contributed by atoms with Crippen LogP contribution in [0, 0.1) is 5.82 Å². The maximum Gasteiger partial charge on any atom is 0.123 e. The Labute approximate surface area is 114 Å². The number of rotatable bonds is 2. The van der Waals surface area contributed by atoms with Crippen molar-refractivity contribution in [1.82, 2.24) is 0 Å². The molecule has 2 aromatic carbocycles. The van der Waals surface area contributed by atoms with Crippen LogP contribution >= 0.6 is 34.8 Å². The largest absolute Gasteiger partial charge is 0.207 e. The summed E-state index contributed by atoms with van der Waals surface area (Å²) in [5.74, 6) is -0.290. The first-order valence-electron chi connectivity index (χ1n) is 4.92. The molecular weight excluding hydrogens is 282 g/mol. The summed E-state index contributed by atoms with van der Waals surface area (Å²) in [6, 6.07) is 11.2. The third-order valence-electron chi connectivity index (χ3n) is 2.34. The van der Waals surface area contributed by atoms with Crippen molar-refractivity contribution in [2.45, 2.75) is 5.38 Å². The Morgan fingerprint density at radius 2 is 1.35 bits per heavy atom. The van der Waals surface area contributed by atoms with Gasteiger partial charge >= 0.3 is 0 Å². The molecule has 0 aromatic heterocycles. The van der Waals surface area contributed by atoms with Crippen LogP contribution in [0.15, 0.2) is 42.5 Å². The molecule has 0 bridgehead atoms. The minimum atomic E-state index is -0.396. The van der Waals surface area contributed by atoms with Gasteiger partial charge in [-0.25, -0.2) is 4.39 Å². The third-order valence-corrected chi connectivity index (χ3v) is 3.28. The smallest absolute Gasteiger partial charge is 0.123 e. The Kier molecular flexibility index (Phi) is 3.93. The molecule has 1 unspecified atom stereocenters. The van der Waals surface area contributed by atoms with Crippen LogP contribution in [0.1, 0.15) is 16.5 Å². The number of hydrogen-bond donors (Lipinski definition) is 0. The van der Waals surface area contributed by atoms with E-state index in [0.29, 0.717) is 10.0 Å². The Balaban J connectivity index is 2.36. The van der Waals surface area contributed by atoms with Crippen molar-refractivity contribution in [2.24, 2.45) is 0 Å². The molecular formula is C13H8Cl3F. The lowest BCUT2D eigenvalue weighted by Gasteiger charge is -2.11. The van der Waals surface area contributed by atoms with Crippen LogP contribution < -0.4 is 0 Å². The molecule has 0 heterocycles. The predicted octanol–water partition coefficient (Wildman–Crippen LogP) is 5.46. The lowest BCUT2D eigenvalue weighted by Crippen LogP contribution is -1.93. The fourth-order valence-corrected chi connectivity index (χ4v) is 2.36. The fourth-order valence-electron chi connectivity index (χ4n) is 1.55. The lowest BCUT2D eigenvalue weighted by molar-refractivity contribution is 0.627. The lowest BCUT2D eigenvalue weighted by atomic mass is 10.0. The molecule has 0 radical (unpaired) electrons. The molecule has 0 N–H and O–H groups in total. The van der Waals surface area contributed by atoms with Crippen LogP contribution in [-0.2, 0) is 0 Å². The minimum absolute atomic E-state index is 0.290. The molecule has 0 aliphatic carbocycles. The second-order valence-electron chi connectivity index (χ2n) is 3.62. The van der Waals surface area contributed by atoms with Gasteiger partial charge in [-0.2, -0.15) is 0 Å². The summed E-state index contributed by atoms with van der Waals surface area (Å²) in [6.45, 7) is 0. The van der Waals surface area contributed by atoms with Gasteiger partial charge in [0.05, 0.1) is 5.38 Å². The first kappa shape index (κ1) is 12.7. The van der Waals surface area contributed by atoms with E-state index in [0.717, 1.165) is 11.1 Å². The first-order chi connectivity index (χ1) is 8.06. The quantitative estimate of drug-likeness (QED) is 0.644. The normalized spacial score (nSPS) is 12.5. The highest BCUT2D eigenvalue weighted by Crippen LogP contribution is 2.32. The van der Waals surface area contributed by atoms with Crippen molar-refractivity contribution in [3.05, 3.63) is 69.5 Å². The summed E-state index contributed by atoms with van der Waals surface area (Å²) in [5, 5.41) is 0.660. The molecule has 2 aromatic rings. The summed E-state index contributed by atoms with van der Waals surface area (Å²) in [5.41, 5.74) is 1.59. The average molecular weight is 290 g/mol. The zero-order chi connectivity index (χ0) is 12.4. The SMILES string of the molecule is Fc1ccc(C(Cl)c2cc(Cl)cc(Cl)c2)cc1. The van der Waals surface area contributed by atoms with Crippen molar-refractivity contribution >= 4 is 34.8 Å². The van der Waals surface area contributed by atoms with E-state index >= 15 is 0 Å². The molecule has 0 aliphatic heterocycles. The minimum Gasteiger partial charge on any atom is -0.207 e. The highest BCUT2D eigenvalue weighted by molar-refractivity contribution is 6.35. The molecule has 17 heavy (non-hydrogen) atoms. The molecule has 4 heteroatoms. The summed E-state index contributed by atoms with van der Waals surface area (Å²) < 4.78 is 12.8. The van der Waals surface area contributed by atoms with E-state index in [4.69, 9.17) is 34.8 Å². The molecule has 0 aliphatic rings. The van der Waals surface area contributed by atoms with Gasteiger partial charge in [0.15, 0.2) is 0 Å². The maximum absolute atomic E-state index is 12.8. The van der Waals surface area contributed by atoms with Crippen molar-refractivity contribution < 1.29 is 4.39 Å². The first-order valence-corrected chi connectivity index (χ1v) is 6.11. The Bertz CT molecular complexity index is 502. The molecule has 0 saturated heterocycles. The third kappa shape index (κ3) is 3.12. The second-order valence-corrected chi connectivity index (χ2v) is 4.93. The second kappa shape index (κ2) is 5.26. The van der Waals surface area contributed by atoms with Crippen molar-refractivity contribution in [3.63, 3.8) is 0 Å². The van der Waals surface area contributed by atoms with E-state index in [9.17, 15) is 4.39 Å². The monoisotopic (exact) mass is 288 g/mol. The molecule has 0 nitrogen and oxygen atoms in total. The zero-order valence-corrected chi connectivity index (χ0v) is 10.9. The van der Waals surface area contributed by atoms with Crippen LogP contribution in [-0.4, -0.2) is 0 Å². The Morgan fingerprint density at radius 3 is 1.88 bits per heavy atom. The van der Waals surface area contributed by atoms with Crippen LogP contribution in [0.3, 0.4) is 0 Å². The number of alkyl halides is 1. The van der Waals surface area contributed by atoms with E-state index in [1.807, 2.05) is 0 Å². The van der Waals surface area contributed by atoms with Gasteiger partial charge in [0.2, 0.25) is 0 Å². The summed E-state index contributed by atoms with van der Waals surface area (Å²) >= 11 is 18.1. The van der Waals surface area contributed by atoms with E-state index in [1.165, 1.54) is 12.1 Å². The van der Waals surface area contributed by atoms with Gasteiger partial charge in [-0.15, -0.1) is 11.6 Å². The van der Waals surface area contributed by atoms with Gasteiger partial charge in [-0.1, -0.05) is 35.3 Å². The van der Waals surface area contributed by atoms with E-state index in [-0.39, 0.29) is 5.82 Å². The summed E-state index contributed by atoms with van der Waals surface area (Å²) in [7, 11) is 0. The van der Waals surface area contributed by atoms with E-state index < -0.39 is 5.38 Å². The topological polar surface area (TPSA) is 0 Å². The highest BCUT2D eigenvalue weighted by atomic mass is 35.5.